The van der Waals surface area contributed by atoms with Crippen LogP contribution in [-0.4, -0.2) is 20.3 Å². The first-order valence-electron chi connectivity index (χ1n) is 7.90. The highest BCUT2D eigenvalue weighted by Crippen LogP contribution is 2.42. The van der Waals surface area contributed by atoms with Gasteiger partial charge in [0.2, 0.25) is 11.8 Å². The van der Waals surface area contributed by atoms with E-state index in [0.29, 0.717) is 23.6 Å². The summed E-state index contributed by atoms with van der Waals surface area (Å²) in [7, 11) is 0. The SMILES string of the molecule is Cc1noc(C2CC(Cc3noc(C4CCCC4)n3)C2)n1. The Balaban J connectivity index is 1.31. The Morgan fingerprint density at radius 2 is 1.67 bits per heavy atom. The van der Waals surface area contributed by atoms with Gasteiger partial charge in [0.15, 0.2) is 11.6 Å². The van der Waals surface area contributed by atoms with Gasteiger partial charge in [0.05, 0.1) is 0 Å². The van der Waals surface area contributed by atoms with Crippen molar-refractivity contribution in [1.82, 2.24) is 20.3 Å². The molecule has 112 valence electrons. The van der Waals surface area contributed by atoms with Crippen LogP contribution in [0.1, 0.15) is 73.8 Å². The van der Waals surface area contributed by atoms with Crippen molar-refractivity contribution in [2.75, 3.05) is 0 Å². The Hall–Kier alpha value is -1.72. The van der Waals surface area contributed by atoms with Crippen molar-refractivity contribution in [3.8, 4) is 0 Å². The van der Waals surface area contributed by atoms with Gasteiger partial charge >= 0.3 is 0 Å². The first-order valence-corrected chi connectivity index (χ1v) is 7.90. The van der Waals surface area contributed by atoms with Crippen molar-refractivity contribution in [2.45, 2.75) is 63.7 Å². The third-order valence-electron chi connectivity index (χ3n) is 4.79. The zero-order chi connectivity index (χ0) is 14.2. The molecule has 0 radical (unpaired) electrons. The third kappa shape index (κ3) is 2.59. The van der Waals surface area contributed by atoms with Gasteiger partial charge in [-0.1, -0.05) is 23.2 Å². The Kier molecular flexibility index (Phi) is 3.24. The summed E-state index contributed by atoms with van der Waals surface area (Å²) in [4.78, 5) is 8.89. The van der Waals surface area contributed by atoms with Crippen molar-refractivity contribution >= 4 is 0 Å². The number of aryl methyl sites for hydroxylation is 1. The lowest BCUT2D eigenvalue weighted by molar-refractivity contribution is 0.207. The maximum Gasteiger partial charge on any atom is 0.229 e. The van der Waals surface area contributed by atoms with Gasteiger partial charge in [0.25, 0.3) is 0 Å². The van der Waals surface area contributed by atoms with E-state index in [0.717, 1.165) is 36.9 Å². The molecule has 2 heterocycles. The number of hydrogen-bond donors (Lipinski definition) is 0. The molecule has 0 bridgehead atoms. The number of nitrogens with zero attached hydrogens (tertiary/aromatic N) is 4. The molecular formula is C15H20N4O2. The normalized spacial score (nSPS) is 26.1. The molecule has 0 unspecified atom stereocenters. The minimum atomic E-state index is 0.414. The van der Waals surface area contributed by atoms with Crippen molar-refractivity contribution in [3.05, 3.63) is 23.4 Å². The molecule has 0 saturated heterocycles. The van der Waals surface area contributed by atoms with Gasteiger partial charge in [-0.25, -0.2) is 0 Å². The Bertz CT molecular complexity index is 609. The van der Waals surface area contributed by atoms with E-state index < -0.39 is 0 Å². The predicted octanol–water partition coefficient (Wildman–Crippen LogP) is 3.15. The molecule has 6 heteroatoms. The second-order valence-corrected chi connectivity index (χ2v) is 6.45. The largest absolute Gasteiger partial charge is 0.339 e. The summed E-state index contributed by atoms with van der Waals surface area (Å²) in [6, 6.07) is 0. The van der Waals surface area contributed by atoms with E-state index in [4.69, 9.17) is 9.05 Å². The molecule has 2 aliphatic rings. The average Bonchev–Trinajstić information content (AvgIpc) is 3.14. The summed E-state index contributed by atoms with van der Waals surface area (Å²) in [6.45, 7) is 1.85. The third-order valence-corrected chi connectivity index (χ3v) is 4.79. The molecule has 21 heavy (non-hydrogen) atoms. The van der Waals surface area contributed by atoms with Crippen LogP contribution in [0.5, 0.6) is 0 Å². The minimum absolute atomic E-state index is 0.414. The molecule has 0 aliphatic heterocycles. The lowest BCUT2D eigenvalue weighted by Crippen LogP contribution is -2.24. The van der Waals surface area contributed by atoms with Gasteiger partial charge in [-0.05, 0) is 38.5 Å². The predicted molar refractivity (Wildman–Crippen MR) is 73.7 cm³/mol. The highest BCUT2D eigenvalue weighted by Gasteiger charge is 2.35. The monoisotopic (exact) mass is 288 g/mol. The fourth-order valence-corrected chi connectivity index (χ4v) is 3.53. The molecule has 2 aliphatic carbocycles. The van der Waals surface area contributed by atoms with Crippen molar-refractivity contribution in [3.63, 3.8) is 0 Å². The van der Waals surface area contributed by atoms with Crippen molar-refractivity contribution < 1.29 is 9.05 Å². The Morgan fingerprint density at radius 3 is 2.38 bits per heavy atom. The number of aromatic nitrogens is 4. The summed E-state index contributed by atoms with van der Waals surface area (Å²) in [5.41, 5.74) is 0. The van der Waals surface area contributed by atoms with Crippen molar-refractivity contribution in [1.29, 1.82) is 0 Å². The van der Waals surface area contributed by atoms with Crippen LogP contribution in [0.2, 0.25) is 0 Å². The van der Waals surface area contributed by atoms with Crippen LogP contribution in [0, 0.1) is 12.8 Å². The highest BCUT2D eigenvalue weighted by atomic mass is 16.5. The van der Waals surface area contributed by atoms with Crippen LogP contribution in [0.3, 0.4) is 0 Å². The zero-order valence-corrected chi connectivity index (χ0v) is 12.3. The molecule has 4 rings (SSSR count). The molecule has 0 N–H and O–H groups in total. The van der Waals surface area contributed by atoms with Gasteiger partial charge in [0, 0.05) is 18.3 Å². The smallest absolute Gasteiger partial charge is 0.229 e. The van der Waals surface area contributed by atoms with Crippen molar-refractivity contribution in [2.24, 2.45) is 5.92 Å². The van der Waals surface area contributed by atoms with E-state index in [1.54, 1.807) is 0 Å². The molecule has 2 aromatic rings. The molecule has 6 nitrogen and oxygen atoms in total. The van der Waals surface area contributed by atoms with Gasteiger partial charge in [-0.3, -0.25) is 0 Å². The maximum atomic E-state index is 5.43. The van der Waals surface area contributed by atoms with E-state index in [1.165, 1.54) is 25.7 Å². The quantitative estimate of drug-likeness (QED) is 0.860. The summed E-state index contributed by atoms with van der Waals surface area (Å²) in [5.74, 6) is 4.74. The minimum Gasteiger partial charge on any atom is -0.339 e. The first kappa shape index (κ1) is 13.0. The molecule has 2 fully saturated rings. The molecule has 2 aromatic heterocycles. The Labute approximate surface area is 123 Å². The topological polar surface area (TPSA) is 77.8 Å². The van der Waals surface area contributed by atoms with E-state index in [1.807, 2.05) is 6.92 Å². The summed E-state index contributed by atoms with van der Waals surface area (Å²) >= 11 is 0. The highest BCUT2D eigenvalue weighted by molar-refractivity contribution is 5.04. The maximum absolute atomic E-state index is 5.43. The van der Waals surface area contributed by atoms with Gasteiger partial charge in [-0.15, -0.1) is 0 Å². The van der Waals surface area contributed by atoms with Crippen LogP contribution in [-0.2, 0) is 6.42 Å². The van der Waals surface area contributed by atoms with E-state index in [9.17, 15) is 0 Å². The Morgan fingerprint density at radius 1 is 0.952 bits per heavy atom. The van der Waals surface area contributed by atoms with E-state index in [-0.39, 0.29) is 0 Å². The van der Waals surface area contributed by atoms with Crippen LogP contribution in [0.25, 0.3) is 0 Å². The summed E-state index contributed by atoms with van der Waals surface area (Å²) in [5, 5.41) is 8.00. The lowest BCUT2D eigenvalue weighted by atomic mass is 9.73. The number of rotatable bonds is 4. The van der Waals surface area contributed by atoms with Crippen LogP contribution >= 0.6 is 0 Å². The molecule has 2 saturated carbocycles. The average molecular weight is 288 g/mol. The van der Waals surface area contributed by atoms with Crippen LogP contribution in [0.15, 0.2) is 9.05 Å². The second-order valence-electron chi connectivity index (χ2n) is 6.45. The van der Waals surface area contributed by atoms with Gasteiger partial charge < -0.3 is 9.05 Å². The molecular weight excluding hydrogens is 268 g/mol. The standard InChI is InChI=1S/C15H20N4O2/c1-9-16-15(20-18-9)12-6-10(7-12)8-13-17-14(21-19-13)11-4-2-3-5-11/h10-12H,2-8H2,1H3. The first-order chi connectivity index (χ1) is 10.3. The lowest BCUT2D eigenvalue weighted by Gasteiger charge is -2.31. The molecule has 0 amide bonds. The summed E-state index contributed by atoms with van der Waals surface area (Å²) in [6.07, 6.45) is 8.03. The van der Waals surface area contributed by atoms with E-state index in [2.05, 4.69) is 20.3 Å². The van der Waals surface area contributed by atoms with Crippen LogP contribution in [0.4, 0.5) is 0 Å². The van der Waals surface area contributed by atoms with E-state index >= 15 is 0 Å². The fourth-order valence-electron chi connectivity index (χ4n) is 3.53. The molecule has 0 spiro atoms. The summed E-state index contributed by atoms with van der Waals surface area (Å²) < 4.78 is 10.7. The zero-order valence-electron chi connectivity index (χ0n) is 12.3. The number of hydrogen-bond acceptors (Lipinski definition) is 6. The van der Waals surface area contributed by atoms with Crippen LogP contribution < -0.4 is 0 Å². The molecule has 0 atom stereocenters. The molecule has 0 aromatic carbocycles. The van der Waals surface area contributed by atoms with Gasteiger partial charge in [0.1, 0.15) is 0 Å². The fraction of sp³-hybridized carbons (Fsp3) is 0.733. The van der Waals surface area contributed by atoms with Gasteiger partial charge in [-0.2, -0.15) is 9.97 Å². The second kappa shape index (κ2) is 5.24.